The second kappa shape index (κ2) is 19.5. The highest BCUT2D eigenvalue weighted by Crippen LogP contribution is 1.91. The van der Waals surface area contributed by atoms with E-state index >= 15 is 0 Å². The van der Waals surface area contributed by atoms with E-state index in [1.807, 2.05) is 12.2 Å². The number of hydrogen-bond donors (Lipinski definition) is 0. The molecule has 0 bridgehead atoms. The largest absolute Gasteiger partial charge is 0.103 e. The van der Waals surface area contributed by atoms with E-state index in [0.29, 0.717) is 0 Å². The van der Waals surface area contributed by atoms with Crippen molar-refractivity contribution in [3.63, 3.8) is 0 Å². The van der Waals surface area contributed by atoms with Crippen molar-refractivity contribution in [3.8, 4) is 0 Å². The monoisotopic (exact) mass is 220 g/mol. The fraction of sp³-hybridized carbons (Fsp3) is 0.500. The Morgan fingerprint density at radius 3 is 1.31 bits per heavy atom. The fourth-order valence-electron chi connectivity index (χ4n) is 0.954. The van der Waals surface area contributed by atoms with Gasteiger partial charge in [0, 0.05) is 0 Å². The van der Waals surface area contributed by atoms with E-state index in [1.165, 1.54) is 25.7 Å². The topological polar surface area (TPSA) is 0 Å². The minimum absolute atomic E-state index is 1.01. The summed E-state index contributed by atoms with van der Waals surface area (Å²) in [6.45, 7) is 11.6. The number of rotatable bonds is 8. The first kappa shape index (κ1) is 17.4. The molecule has 92 valence electrons. The van der Waals surface area contributed by atoms with Crippen molar-refractivity contribution in [2.24, 2.45) is 0 Å². The summed E-state index contributed by atoms with van der Waals surface area (Å²) in [6, 6.07) is 0. The molecule has 16 heavy (non-hydrogen) atoms. The van der Waals surface area contributed by atoms with Gasteiger partial charge in [-0.05, 0) is 25.7 Å². The Labute approximate surface area is 102 Å². The number of unbranched alkanes of at least 4 members (excludes halogenated alkanes) is 2. The minimum atomic E-state index is 1.01. The van der Waals surface area contributed by atoms with Crippen molar-refractivity contribution >= 4 is 0 Å². The molecule has 0 saturated carbocycles. The van der Waals surface area contributed by atoms with E-state index in [1.54, 1.807) is 0 Å². The molecule has 0 heteroatoms. The van der Waals surface area contributed by atoms with Gasteiger partial charge in [0.2, 0.25) is 0 Å². The van der Waals surface area contributed by atoms with Gasteiger partial charge in [-0.3, -0.25) is 0 Å². The van der Waals surface area contributed by atoms with Gasteiger partial charge in [-0.15, -0.1) is 13.2 Å². The van der Waals surface area contributed by atoms with Crippen LogP contribution >= 0.6 is 0 Å². The van der Waals surface area contributed by atoms with Crippen LogP contribution in [0, 0.1) is 0 Å². The van der Waals surface area contributed by atoms with E-state index in [2.05, 4.69) is 51.3 Å². The van der Waals surface area contributed by atoms with Crippen molar-refractivity contribution in [2.45, 2.75) is 52.4 Å². The van der Waals surface area contributed by atoms with Crippen LogP contribution in [-0.2, 0) is 0 Å². The third-order valence-electron chi connectivity index (χ3n) is 1.85. The molecule has 0 nitrogen and oxygen atoms in total. The molecule has 0 aromatic rings. The Hall–Kier alpha value is -1.04. The molecule has 0 atom stereocenters. The second-order valence-electron chi connectivity index (χ2n) is 3.57. The smallest absolute Gasteiger partial charge is 0.0172 e. The maximum absolute atomic E-state index is 3.61. The standard InChI is InChI=1S/2C8H14/c2*1-3-5-7-8-6-4-2/h2*3,7-8H,1,4-6H2,2H3/b2*8-7+. The van der Waals surface area contributed by atoms with Crippen molar-refractivity contribution in [1.29, 1.82) is 0 Å². The Morgan fingerprint density at radius 1 is 0.688 bits per heavy atom. The zero-order valence-electron chi connectivity index (χ0n) is 11.1. The zero-order valence-corrected chi connectivity index (χ0v) is 11.1. The molecule has 0 saturated heterocycles. The van der Waals surface area contributed by atoms with Gasteiger partial charge in [-0.1, -0.05) is 63.1 Å². The van der Waals surface area contributed by atoms with E-state index in [-0.39, 0.29) is 0 Å². The lowest BCUT2D eigenvalue weighted by molar-refractivity contribution is 0.955. The van der Waals surface area contributed by atoms with Crippen LogP contribution < -0.4 is 0 Å². The van der Waals surface area contributed by atoms with Crippen molar-refractivity contribution < 1.29 is 0 Å². The molecule has 0 aliphatic heterocycles. The van der Waals surface area contributed by atoms with Crippen molar-refractivity contribution in [3.05, 3.63) is 49.6 Å². The molecule has 0 radical (unpaired) electrons. The second-order valence-corrected chi connectivity index (χ2v) is 3.57. The maximum Gasteiger partial charge on any atom is -0.0172 e. The van der Waals surface area contributed by atoms with Gasteiger partial charge < -0.3 is 0 Å². The molecule has 0 aromatic heterocycles. The molecule has 0 unspecified atom stereocenters. The SMILES string of the molecule is C=CC/C=C/CCC.C=CC/C=C/CCC. The van der Waals surface area contributed by atoms with Crippen molar-refractivity contribution in [2.75, 3.05) is 0 Å². The minimum Gasteiger partial charge on any atom is -0.103 e. The van der Waals surface area contributed by atoms with E-state index < -0.39 is 0 Å². The summed E-state index contributed by atoms with van der Waals surface area (Å²) in [6.07, 6.45) is 19.4. The molecule has 0 N–H and O–H groups in total. The average Bonchev–Trinajstić information content (AvgIpc) is 2.31. The molecule has 0 aliphatic rings. The fourth-order valence-corrected chi connectivity index (χ4v) is 0.954. The van der Waals surface area contributed by atoms with Crippen LogP contribution in [0.5, 0.6) is 0 Å². The molecule has 0 spiro atoms. The Bertz CT molecular complexity index is 162. The van der Waals surface area contributed by atoms with E-state index in [9.17, 15) is 0 Å². The summed E-state index contributed by atoms with van der Waals surface area (Å²) in [5.41, 5.74) is 0. The number of allylic oxidation sites excluding steroid dienone is 6. The van der Waals surface area contributed by atoms with Gasteiger partial charge in [-0.2, -0.15) is 0 Å². The van der Waals surface area contributed by atoms with Crippen LogP contribution in [0.3, 0.4) is 0 Å². The third-order valence-corrected chi connectivity index (χ3v) is 1.85. The van der Waals surface area contributed by atoms with Gasteiger partial charge in [0.15, 0.2) is 0 Å². The molecule has 0 aromatic carbocycles. The molecule has 0 amide bonds. The molecular formula is C16H28. The van der Waals surface area contributed by atoms with Gasteiger partial charge in [0.1, 0.15) is 0 Å². The van der Waals surface area contributed by atoms with Crippen LogP contribution in [-0.4, -0.2) is 0 Å². The highest BCUT2D eigenvalue weighted by molar-refractivity contribution is 4.88. The predicted molar refractivity (Wildman–Crippen MR) is 77.7 cm³/mol. The summed E-state index contributed by atoms with van der Waals surface area (Å²) in [4.78, 5) is 0. The lowest BCUT2D eigenvalue weighted by atomic mass is 10.3. The third kappa shape index (κ3) is 23.1. The molecule has 0 heterocycles. The number of hydrogen-bond acceptors (Lipinski definition) is 0. The van der Waals surface area contributed by atoms with Crippen LogP contribution in [0.2, 0.25) is 0 Å². The Balaban J connectivity index is 0. The molecule has 0 fully saturated rings. The van der Waals surface area contributed by atoms with Crippen LogP contribution in [0.25, 0.3) is 0 Å². The lowest BCUT2D eigenvalue weighted by Crippen LogP contribution is -1.60. The first-order valence-electron chi connectivity index (χ1n) is 6.35. The molecule has 0 rings (SSSR count). The molecule has 0 aliphatic carbocycles. The normalized spacial score (nSPS) is 10.1. The van der Waals surface area contributed by atoms with Crippen LogP contribution in [0.4, 0.5) is 0 Å². The predicted octanol–water partition coefficient (Wildman–Crippen LogP) is 5.84. The lowest BCUT2D eigenvalue weighted by Gasteiger charge is -1.80. The zero-order chi connectivity index (χ0) is 12.5. The van der Waals surface area contributed by atoms with Gasteiger partial charge >= 0.3 is 0 Å². The van der Waals surface area contributed by atoms with Gasteiger partial charge in [0.05, 0.1) is 0 Å². The first-order valence-corrected chi connectivity index (χ1v) is 6.35. The summed E-state index contributed by atoms with van der Waals surface area (Å²) in [7, 11) is 0. The average molecular weight is 220 g/mol. The summed E-state index contributed by atoms with van der Waals surface area (Å²) in [5, 5.41) is 0. The highest BCUT2D eigenvalue weighted by atomic mass is 13.8. The summed E-state index contributed by atoms with van der Waals surface area (Å²) >= 11 is 0. The van der Waals surface area contributed by atoms with Gasteiger partial charge in [0.25, 0.3) is 0 Å². The van der Waals surface area contributed by atoms with Gasteiger partial charge in [-0.25, -0.2) is 0 Å². The van der Waals surface area contributed by atoms with E-state index in [4.69, 9.17) is 0 Å². The van der Waals surface area contributed by atoms with Crippen molar-refractivity contribution in [1.82, 2.24) is 0 Å². The van der Waals surface area contributed by atoms with Crippen LogP contribution in [0.15, 0.2) is 49.6 Å². The maximum atomic E-state index is 3.61. The quantitative estimate of drug-likeness (QED) is 0.451. The van der Waals surface area contributed by atoms with Crippen LogP contribution in [0.1, 0.15) is 52.4 Å². The highest BCUT2D eigenvalue weighted by Gasteiger charge is 1.70. The summed E-state index contributed by atoms with van der Waals surface area (Å²) < 4.78 is 0. The Kier molecular flexibility index (Phi) is 21.2. The Morgan fingerprint density at radius 2 is 1.06 bits per heavy atom. The molecular weight excluding hydrogens is 192 g/mol. The van der Waals surface area contributed by atoms with E-state index in [0.717, 1.165) is 12.8 Å². The summed E-state index contributed by atoms with van der Waals surface area (Å²) in [5.74, 6) is 0. The first-order chi connectivity index (χ1) is 7.83.